The Morgan fingerprint density at radius 3 is 1.14 bits per heavy atom. The monoisotopic (exact) mass is 466 g/mol. The summed E-state index contributed by atoms with van der Waals surface area (Å²) < 4.78 is 16.9. The molecular weight excluding hydrogens is 440 g/mol. The Labute approximate surface area is 204 Å². The first-order valence-corrected chi connectivity index (χ1v) is 11.4. The van der Waals surface area contributed by atoms with Crippen molar-refractivity contribution in [3.8, 4) is 11.5 Å². The van der Waals surface area contributed by atoms with Gasteiger partial charge in [0.2, 0.25) is 0 Å². The molecule has 0 heterocycles. The lowest BCUT2D eigenvalue weighted by atomic mass is 10.0. The second kappa shape index (κ2) is 12.3. The molecule has 0 aliphatic carbocycles. The van der Waals surface area contributed by atoms with Crippen molar-refractivity contribution < 1.29 is 23.8 Å². The van der Waals surface area contributed by atoms with Gasteiger partial charge in [0.15, 0.2) is 11.6 Å². The molecule has 4 aromatic rings. The number of carbonyl (C=O) groups is 2. The summed E-state index contributed by atoms with van der Waals surface area (Å²) in [5, 5.41) is 0. The van der Waals surface area contributed by atoms with Gasteiger partial charge < -0.3 is 14.2 Å². The molecule has 35 heavy (non-hydrogen) atoms. The van der Waals surface area contributed by atoms with Crippen LogP contribution < -0.4 is 9.47 Å². The van der Waals surface area contributed by atoms with E-state index in [1.54, 1.807) is 72.8 Å². The molecule has 5 nitrogen and oxygen atoms in total. The molecule has 0 saturated heterocycles. The van der Waals surface area contributed by atoms with Crippen molar-refractivity contribution in [2.75, 3.05) is 26.4 Å². The first-order chi connectivity index (χ1) is 17.2. The van der Waals surface area contributed by atoms with Crippen molar-refractivity contribution in [2.24, 2.45) is 0 Å². The molecule has 4 rings (SSSR count). The third-order valence-corrected chi connectivity index (χ3v) is 5.30. The second-order valence-corrected chi connectivity index (χ2v) is 7.75. The van der Waals surface area contributed by atoms with Gasteiger partial charge >= 0.3 is 0 Å². The number of hydrogen-bond acceptors (Lipinski definition) is 5. The Kier molecular flexibility index (Phi) is 8.41. The summed E-state index contributed by atoms with van der Waals surface area (Å²) >= 11 is 0. The lowest BCUT2D eigenvalue weighted by Gasteiger charge is -2.09. The first kappa shape index (κ1) is 23.9. The Hall–Kier alpha value is -4.22. The van der Waals surface area contributed by atoms with Crippen molar-refractivity contribution in [2.45, 2.75) is 0 Å². The van der Waals surface area contributed by atoms with Crippen LogP contribution in [0.25, 0.3) is 0 Å². The Bertz CT molecular complexity index is 1120. The average molecular weight is 467 g/mol. The zero-order valence-corrected chi connectivity index (χ0v) is 19.3. The van der Waals surface area contributed by atoms with Crippen LogP contribution in [-0.4, -0.2) is 38.0 Å². The van der Waals surface area contributed by atoms with E-state index in [1.807, 2.05) is 36.4 Å². The van der Waals surface area contributed by atoms with Gasteiger partial charge in [-0.15, -0.1) is 0 Å². The van der Waals surface area contributed by atoms with E-state index in [-0.39, 0.29) is 11.6 Å². The normalized spacial score (nSPS) is 10.5. The second-order valence-electron chi connectivity index (χ2n) is 7.75. The van der Waals surface area contributed by atoms with E-state index in [1.165, 1.54) is 0 Å². The Morgan fingerprint density at radius 1 is 0.429 bits per heavy atom. The van der Waals surface area contributed by atoms with Gasteiger partial charge in [0.1, 0.15) is 24.7 Å². The Balaban J connectivity index is 1.12. The molecule has 0 amide bonds. The fraction of sp³-hybridized carbons (Fsp3) is 0.133. The fourth-order valence-corrected chi connectivity index (χ4v) is 3.46. The molecule has 0 aliphatic heterocycles. The van der Waals surface area contributed by atoms with Crippen LogP contribution in [-0.2, 0) is 4.74 Å². The lowest BCUT2D eigenvalue weighted by Crippen LogP contribution is -2.12. The summed E-state index contributed by atoms with van der Waals surface area (Å²) in [6, 6.07) is 32.5. The van der Waals surface area contributed by atoms with Crippen LogP contribution in [0.4, 0.5) is 0 Å². The third kappa shape index (κ3) is 6.88. The number of benzene rings is 4. The number of carbonyl (C=O) groups excluding carboxylic acids is 2. The molecule has 0 radical (unpaired) electrons. The predicted molar refractivity (Wildman–Crippen MR) is 134 cm³/mol. The summed E-state index contributed by atoms with van der Waals surface area (Å²) in [5.74, 6) is 1.33. The predicted octanol–water partition coefficient (Wildman–Crippen LogP) is 5.62. The van der Waals surface area contributed by atoms with Gasteiger partial charge in [0.25, 0.3) is 0 Å². The minimum atomic E-state index is -0.0158. The van der Waals surface area contributed by atoms with Crippen LogP contribution in [0.15, 0.2) is 109 Å². The smallest absolute Gasteiger partial charge is 0.193 e. The van der Waals surface area contributed by atoms with Gasteiger partial charge in [0, 0.05) is 22.3 Å². The molecule has 0 aliphatic rings. The third-order valence-electron chi connectivity index (χ3n) is 5.30. The van der Waals surface area contributed by atoms with Crippen molar-refractivity contribution in [1.82, 2.24) is 0 Å². The van der Waals surface area contributed by atoms with Gasteiger partial charge in [-0.2, -0.15) is 0 Å². The highest BCUT2D eigenvalue weighted by molar-refractivity contribution is 6.09. The van der Waals surface area contributed by atoms with Crippen molar-refractivity contribution >= 4 is 11.6 Å². The van der Waals surface area contributed by atoms with Crippen molar-refractivity contribution in [1.29, 1.82) is 0 Å². The van der Waals surface area contributed by atoms with Crippen LogP contribution in [0.2, 0.25) is 0 Å². The maximum absolute atomic E-state index is 12.4. The van der Waals surface area contributed by atoms with Crippen molar-refractivity contribution in [3.63, 3.8) is 0 Å². The standard InChI is InChI=1S/C30H26O5/c31-29(23-7-3-1-4-8-23)25-11-15-27(16-12-25)34-21-19-33-20-22-35-28-17-13-26(14-18-28)30(32)24-9-5-2-6-10-24/h1-18H,19-22H2. The highest BCUT2D eigenvalue weighted by atomic mass is 16.5. The number of hydrogen-bond donors (Lipinski definition) is 0. The summed E-state index contributed by atoms with van der Waals surface area (Å²) in [4.78, 5) is 24.9. The van der Waals surface area contributed by atoms with Crippen LogP contribution in [0.3, 0.4) is 0 Å². The molecule has 0 atom stereocenters. The number of ether oxygens (including phenoxy) is 3. The minimum absolute atomic E-state index is 0.0158. The van der Waals surface area contributed by atoms with E-state index < -0.39 is 0 Å². The van der Waals surface area contributed by atoms with Gasteiger partial charge in [-0.05, 0) is 48.5 Å². The summed E-state index contributed by atoms with van der Waals surface area (Å²) in [5.41, 5.74) is 2.56. The molecule has 0 aromatic heterocycles. The van der Waals surface area contributed by atoms with E-state index in [0.29, 0.717) is 60.2 Å². The van der Waals surface area contributed by atoms with Crippen LogP contribution in [0.5, 0.6) is 11.5 Å². The molecule has 0 bridgehead atoms. The average Bonchev–Trinajstić information content (AvgIpc) is 2.93. The van der Waals surface area contributed by atoms with E-state index >= 15 is 0 Å². The fourth-order valence-electron chi connectivity index (χ4n) is 3.46. The van der Waals surface area contributed by atoms with Crippen LogP contribution >= 0.6 is 0 Å². The van der Waals surface area contributed by atoms with Gasteiger partial charge in [0.05, 0.1) is 13.2 Å². The molecule has 0 fully saturated rings. The summed E-state index contributed by atoms with van der Waals surface area (Å²) in [6.07, 6.45) is 0. The Morgan fingerprint density at radius 2 is 0.771 bits per heavy atom. The van der Waals surface area contributed by atoms with E-state index in [2.05, 4.69) is 0 Å². The molecule has 0 saturated carbocycles. The summed E-state index contributed by atoms with van der Waals surface area (Å²) in [7, 11) is 0. The highest BCUT2D eigenvalue weighted by Gasteiger charge is 2.09. The van der Waals surface area contributed by atoms with Crippen LogP contribution in [0, 0.1) is 0 Å². The quantitative estimate of drug-likeness (QED) is 0.200. The molecular formula is C30H26O5. The topological polar surface area (TPSA) is 61.8 Å². The maximum Gasteiger partial charge on any atom is 0.193 e. The van der Waals surface area contributed by atoms with Crippen LogP contribution in [0.1, 0.15) is 31.8 Å². The molecule has 0 unspecified atom stereocenters. The van der Waals surface area contributed by atoms with E-state index in [4.69, 9.17) is 14.2 Å². The molecule has 0 spiro atoms. The number of rotatable bonds is 12. The maximum atomic E-state index is 12.4. The van der Waals surface area contributed by atoms with Gasteiger partial charge in [-0.3, -0.25) is 9.59 Å². The molecule has 0 N–H and O–H groups in total. The zero-order valence-electron chi connectivity index (χ0n) is 19.3. The zero-order chi connectivity index (χ0) is 24.3. The minimum Gasteiger partial charge on any atom is -0.491 e. The molecule has 5 heteroatoms. The highest BCUT2D eigenvalue weighted by Crippen LogP contribution is 2.17. The van der Waals surface area contributed by atoms with Gasteiger partial charge in [-0.25, -0.2) is 0 Å². The van der Waals surface area contributed by atoms with Gasteiger partial charge in [-0.1, -0.05) is 60.7 Å². The number of ketones is 2. The SMILES string of the molecule is O=C(c1ccccc1)c1ccc(OCCOCCOc2ccc(C(=O)c3ccccc3)cc2)cc1. The van der Waals surface area contributed by atoms with E-state index in [9.17, 15) is 9.59 Å². The first-order valence-electron chi connectivity index (χ1n) is 11.4. The van der Waals surface area contributed by atoms with Crippen molar-refractivity contribution in [3.05, 3.63) is 131 Å². The molecule has 176 valence electrons. The summed E-state index contributed by atoms with van der Waals surface area (Å²) in [6.45, 7) is 1.61. The largest absolute Gasteiger partial charge is 0.491 e. The lowest BCUT2D eigenvalue weighted by molar-refractivity contribution is 0.0764. The molecule has 4 aromatic carbocycles. The van der Waals surface area contributed by atoms with E-state index in [0.717, 1.165) is 0 Å².